The van der Waals surface area contributed by atoms with Crippen molar-refractivity contribution in [1.82, 2.24) is 14.8 Å². The highest BCUT2D eigenvalue weighted by Crippen LogP contribution is 2.43. The van der Waals surface area contributed by atoms with Gasteiger partial charge in [-0.2, -0.15) is 0 Å². The molecule has 3 rings (SSSR count). The third-order valence-corrected chi connectivity index (χ3v) is 6.13. The summed E-state index contributed by atoms with van der Waals surface area (Å²) < 4.78 is 13.3. The van der Waals surface area contributed by atoms with Gasteiger partial charge in [0.1, 0.15) is 17.7 Å². The molecule has 33 heavy (non-hydrogen) atoms. The Morgan fingerprint density at radius 3 is 2.73 bits per heavy atom. The minimum Gasteiger partial charge on any atom is -0.490 e. The lowest BCUT2D eigenvalue weighted by molar-refractivity contribution is -0.479. The van der Waals surface area contributed by atoms with Crippen molar-refractivity contribution in [3.05, 3.63) is 81.1 Å². The molecule has 0 spiro atoms. The van der Waals surface area contributed by atoms with E-state index in [4.69, 9.17) is 21.1 Å². The lowest BCUT2D eigenvalue weighted by Crippen LogP contribution is -2.12. The summed E-state index contributed by atoms with van der Waals surface area (Å²) in [6, 6.07) is 11.3. The van der Waals surface area contributed by atoms with Gasteiger partial charge in [-0.15, -0.1) is 10.2 Å². The van der Waals surface area contributed by atoms with Crippen LogP contribution in [0.3, 0.4) is 0 Å². The summed E-state index contributed by atoms with van der Waals surface area (Å²) in [5.41, 5.74) is 2.61. The van der Waals surface area contributed by atoms with Gasteiger partial charge in [-0.3, -0.25) is 14.7 Å². The van der Waals surface area contributed by atoms with Crippen molar-refractivity contribution in [2.45, 2.75) is 31.2 Å². The minimum atomic E-state index is -0.586. The lowest BCUT2D eigenvalue weighted by atomic mass is 10.1. The number of halogens is 1. The number of nitro groups is 1. The molecule has 1 heterocycles. The number of ether oxygens (including phenoxy) is 2. The van der Waals surface area contributed by atoms with Gasteiger partial charge in [0.25, 0.3) is 0 Å². The average molecular weight is 489 g/mol. The van der Waals surface area contributed by atoms with Crippen LogP contribution in [0.15, 0.2) is 54.2 Å². The minimum absolute atomic E-state index is 0.255. The van der Waals surface area contributed by atoms with E-state index in [1.54, 1.807) is 18.2 Å². The van der Waals surface area contributed by atoms with Gasteiger partial charge in [0, 0.05) is 10.6 Å². The standard InChI is InChI=1S/C23H25ClN4O4S/c1-5-10-32-22-19(24)12-17(13-20(22)31-6-2)21(14-27(29)30)33-23-26-25-16(4)28(23)18-9-7-8-15(3)11-18/h5,7-9,11-13,21H,1,6,10,14H2,2-4H3/t21-/m0/s1. The quantitative estimate of drug-likeness (QED) is 0.150. The van der Waals surface area contributed by atoms with E-state index in [1.807, 2.05) is 49.6 Å². The third-order valence-electron chi connectivity index (χ3n) is 4.67. The second-order valence-electron chi connectivity index (χ2n) is 7.19. The maximum atomic E-state index is 11.5. The molecule has 1 atom stereocenters. The van der Waals surface area contributed by atoms with Crippen LogP contribution in [0.1, 0.15) is 29.1 Å². The molecule has 0 amide bonds. The first-order valence-electron chi connectivity index (χ1n) is 10.3. The fourth-order valence-electron chi connectivity index (χ4n) is 3.28. The van der Waals surface area contributed by atoms with Crippen LogP contribution in [0.2, 0.25) is 5.02 Å². The Balaban J connectivity index is 2.03. The van der Waals surface area contributed by atoms with Gasteiger partial charge < -0.3 is 9.47 Å². The summed E-state index contributed by atoms with van der Waals surface area (Å²) in [7, 11) is 0. The molecule has 174 valence electrons. The fourth-order valence-corrected chi connectivity index (χ4v) is 4.70. The zero-order chi connectivity index (χ0) is 24.0. The van der Waals surface area contributed by atoms with Crippen LogP contribution < -0.4 is 9.47 Å². The van der Waals surface area contributed by atoms with Gasteiger partial charge in [-0.1, -0.05) is 48.2 Å². The van der Waals surface area contributed by atoms with E-state index in [9.17, 15) is 10.1 Å². The maximum absolute atomic E-state index is 11.5. The summed E-state index contributed by atoms with van der Waals surface area (Å²) >= 11 is 7.74. The molecule has 0 bridgehead atoms. The maximum Gasteiger partial charge on any atom is 0.220 e. The second kappa shape index (κ2) is 11.2. The SMILES string of the molecule is C=CCOc1c(Cl)cc([C@H](C[N+](=O)[O-])Sc2nnc(C)n2-c2cccc(C)c2)cc1OCC. The zero-order valence-corrected chi connectivity index (χ0v) is 20.2. The van der Waals surface area contributed by atoms with Gasteiger partial charge >= 0.3 is 0 Å². The molecular weight excluding hydrogens is 464 g/mol. The molecule has 0 saturated heterocycles. The Hall–Kier alpha value is -3.04. The molecule has 1 aromatic heterocycles. The number of rotatable bonds is 11. The molecule has 0 saturated carbocycles. The first-order chi connectivity index (χ1) is 15.8. The average Bonchev–Trinajstić information content (AvgIpc) is 3.12. The van der Waals surface area contributed by atoms with E-state index in [-0.39, 0.29) is 18.1 Å². The Morgan fingerprint density at radius 1 is 1.27 bits per heavy atom. The number of hydrogen-bond donors (Lipinski definition) is 0. The molecule has 3 aromatic rings. The van der Waals surface area contributed by atoms with Gasteiger partial charge in [-0.05, 0) is 56.2 Å². The number of thioether (sulfide) groups is 1. The van der Waals surface area contributed by atoms with E-state index in [2.05, 4.69) is 16.8 Å². The molecule has 10 heteroatoms. The molecule has 0 aliphatic rings. The summed E-state index contributed by atoms with van der Waals surface area (Å²) in [6.45, 7) is 9.64. The largest absolute Gasteiger partial charge is 0.490 e. The van der Waals surface area contributed by atoms with Crippen molar-refractivity contribution in [2.24, 2.45) is 0 Å². The fraction of sp³-hybridized carbons (Fsp3) is 0.304. The summed E-state index contributed by atoms with van der Waals surface area (Å²) in [5, 5.41) is 20.3. The van der Waals surface area contributed by atoms with Crippen LogP contribution in [0.4, 0.5) is 0 Å². The Labute approximate surface area is 201 Å². The predicted octanol–water partition coefficient (Wildman–Crippen LogP) is 5.61. The molecular formula is C23H25ClN4O4S. The zero-order valence-electron chi connectivity index (χ0n) is 18.7. The highest BCUT2D eigenvalue weighted by atomic mass is 35.5. The van der Waals surface area contributed by atoms with E-state index in [0.717, 1.165) is 11.3 Å². The summed E-state index contributed by atoms with van der Waals surface area (Å²) in [4.78, 5) is 11.2. The normalized spacial score (nSPS) is 11.8. The van der Waals surface area contributed by atoms with Crippen molar-refractivity contribution in [2.75, 3.05) is 19.8 Å². The van der Waals surface area contributed by atoms with E-state index < -0.39 is 5.25 Å². The first kappa shape index (κ1) is 24.6. The van der Waals surface area contributed by atoms with Crippen LogP contribution >= 0.6 is 23.4 Å². The highest BCUT2D eigenvalue weighted by Gasteiger charge is 2.26. The smallest absolute Gasteiger partial charge is 0.220 e. The van der Waals surface area contributed by atoms with Crippen LogP contribution in [-0.2, 0) is 0 Å². The molecule has 8 nitrogen and oxygen atoms in total. The van der Waals surface area contributed by atoms with E-state index in [1.165, 1.54) is 11.8 Å². The molecule has 0 aliphatic heterocycles. The van der Waals surface area contributed by atoms with Crippen molar-refractivity contribution >= 4 is 23.4 Å². The molecule has 2 aromatic carbocycles. The summed E-state index contributed by atoms with van der Waals surface area (Å²) in [5.74, 6) is 1.49. The lowest BCUT2D eigenvalue weighted by Gasteiger charge is -2.18. The van der Waals surface area contributed by atoms with Crippen molar-refractivity contribution in [3.63, 3.8) is 0 Å². The molecule has 0 N–H and O–H groups in total. The van der Waals surface area contributed by atoms with Crippen LogP contribution in [0.25, 0.3) is 5.69 Å². The van der Waals surface area contributed by atoms with Gasteiger partial charge in [0.2, 0.25) is 6.54 Å². The van der Waals surface area contributed by atoms with Gasteiger partial charge in [0.05, 0.1) is 11.6 Å². The van der Waals surface area contributed by atoms with E-state index >= 15 is 0 Å². The van der Waals surface area contributed by atoms with Crippen molar-refractivity contribution in [3.8, 4) is 17.2 Å². The molecule has 0 aliphatic carbocycles. The number of aryl methyl sites for hydroxylation is 2. The van der Waals surface area contributed by atoms with E-state index in [0.29, 0.717) is 39.7 Å². The number of benzene rings is 2. The Kier molecular flexibility index (Phi) is 8.35. The second-order valence-corrected chi connectivity index (χ2v) is 8.77. The Bertz CT molecular complexity index is 1150. The molecule has 0 unspecified atom stereocenters. The number of hydrogen-bond acceptors (Lipinski definition) is 7. The molecule has 0 fully saturated rings. The van der Waals surface area contributed by atoms with Gasteiger partial charge in [0.15, 0.2) is 16.7 Å². The first-order valence-corrected chi connectivity index (χ1v) is 11.6. The monoisotopic (exact) mass is 488 g/mol. The van der Waals surface area contributed by atoms with Crippen LogP contribution in [0.5, 0.6) is 11.5 Å². The molecule has 0 radical (unpaired) electrons. The third kappa shape index (κ3) is 6.06. The highest BCUT2D eigenvalue weighted by molar-refractivity contribution is 7.99. The van der Waals surface area contributed by atoms with Crippen LogP contribution in [-0.4, -0.2) is 39.4 Å². The van der Waals surface area contributed by atoms with Gasteiger partial charge in [-0.25, -0.2) is 0 Å². The Morgan fingerprint density at radius 2 is 2.06 bits per heavy atom. The number of nitrogens with zero attached hydrogens (tertiary/aromatic N) is 4. The van der Waals surface area contributed by atoms with Crippen LogP contribution in [0, 0.1) is 24.0 Å². The summed E-state index contributed by atoms with van der Waals surface area (Å²) in [6.07, 6.45) is 1.60. The predicted molar refractivity (Wildman–Crippen MR) is 130 cm³/mol. The number of aromatic nitrogens is 3. The van der Waals surface area contributed by atoms with Crippen molar-refractivity contribution in [1.29, 1.82) is 0 Å². The topological polar surface area (TPSA) is 92.3 Å². The van der Waals surface area contributed by atoms with Crippen molar-refractivity contribution < 1.29 is 14.4 Å².